The number of piperidine rings is 1. The molecule has 1 unspecified atom stereocenters. The van der Waals surface area contributed by atoms with Gasteiger partial charge in [0.05, 0.1) is 12.3 Å². The first-order valence-corrected chi connectivity index (χ1v) is 7.45. The van der Waals surface area contributed by atoms with Crippen LogP contribution in [0.4, 0.5) is 5.69 Å². The molecular formula is C16H24N2O2. The van der Waals surface area contributed by atoms with Crippen LogP contribution in [0.1, 0.15) is 39.0 Å². The Morgan fingerprint density at radius 3 is 2.95 bits per heavy atom. The smallest absolute Gasteiger partial charge is 0.222 e. The summed E-state index contributed by atoms with van der Waals surface area (Å²) in [6, 6.07) is 7.83. The second kappa shape index (κ2) is 7.17. The minimum Gasteiger partial charge on any atom is -0.491 e. The summed E-state index contributed by atoms with van der Waals surface area (Å²) in [4.78, 5) is 14.1. The molecule has 0 bridgehead atoms. The minimum absolute atomic E-state index is 0.252. The normalized spacial score (nSPS) is 18.9. The maximum Gasteiger partial charge on any atom is 0.222 e. The number of carbonyl (C=O) groups is 1. The molecule has 1 aromatic rings. The Balaban J connectivity index is 1.70. The van der Waals surface area contributed by atoms with Gasteiger partial charge in [0.15, 0.2) is 0 Å². The third-order valence-electron chi connectivity index (χ3n) is 3.83. The number of nitrogens with zero attached hydrogens (tertiary/aromatic N) is 1. The van der Waals surface area contributed by atoms with Crippen molar-refractivity contribution in [2.45, 2.75) is 45.1 Å². The zero-order valence-corrected chi connectivity index (χ0v) is 12.2. The fourth-order valence-corrected chi connectivity index (χ4v) is 2.63. The average Bonchev–Trinajstić information content (AvgIpc) is 2.45. The summed E-state index contributed by atoms with van der Waals surface area (Å²) in [5.41, 5.74) is 6.44. The summed E-state index contributed by atoms with van der Waals surface area (Å²) in [5, 5.41) is 0. The van der Waals surface area contributed by atoms with Gasteiger partial charge in [-0.25, -0.2) is 0 Å². The van der Waals surface area contributed by atoms with Crippen LogP contribution in [0.15, 0.2) is 24.3 Å². The van der Waals surface area contributed by atoms with Gasteiger partial charge in [-0.05, 0) is 44.7 Å². The van der Waals surface area contributed by atoms with Crippen molar-refractivity contribution in [1.29, 1.82) is 0 Å². The summed E-state index contributed by atoms with van der Waals surface area (Å²) in [6.07, 6.45) is 4.78. The lowest BCUT2D eigenvalue weighted by Crippen LogP contribution is -2.42. The SMILES string of the molecule is CC1CCCCN1C(=O)CCCOc1ccccc1N. The van der Waals surface area contributed by atoms with Crippen LogP contribution in [0.3, 0.4) is 0 Å². The van der Waals surface area contributed by atoms with Crippen LogP contribution in [-0.2, 0) is 4.79 Å². The van der Waals surface area contributed by atoms with Gasteiger partial charge in [-0.1, -0.05) is 12.1 Å². The molecule has 2 N–H and O–H groups in total. The Bertz CT molecular complexity index is 448. The van der Waals surface area contributed by atoms with E-state index in [1.54, 1.807) is 0 Å². The van der Waals surface area contributed by atoms with Crippen LogP contribution in [0.2, 0.25) is 0 Å². The number of hydrogen-bond acceptors (Lipinski definition) is 3. The van der Waals surface area contributed by atoms with Crippen molar-refractivity contribution in [3.63, 3.8) is 0 Å². The first-order chi connectivity index (χ1) is 9.68. The molecule has 0 radical (unpaired) electrons. The van der Waals surface area contributed by atoms with Gasteiger partial charge in [-0.15, -0.1) is 0 Å². The lowest BCUT2D eigenvalue weighted by atomic mass is 10.0. The predicted octanol–water partition coefficient (Wildman–Crippen LogP) is 2.83. The predicted molar refractivity (Wildman–Crippen MR) is 80.6 cm³/mol. The summed E-state index contributed by atoms with van der Waals surface area (Å²) in [5.74, 6) is 0.952. The van der Waals surface area contributed by atoms with Gasteiger partial charge in [0, 0.05) is 19.0 Å². The second-order valence-electron chi connectivity index (χ2n) is 5.42. The largest absolute Gasteiger partial charge is 0.491 e. The van der Waals surface area contributed by atoms with Gasteiger partial charge in [0.2, 0.25) is 5.91 Å². The molecular weight excluding hydrogens is 252 g/mol. The van der Waals surface area contributed by atoms with Crippen molar-refractivity contribution < 1.29 is 9.53 Å². The van der Waals surface area contributed by atoms with Crippen LogP contribution >= 0.6 is 0 Å². The number of ether oxygens (including phenoxy) is 1. The number of hydrogen-bond donors (Lipinski definition) is 1. The van der Waals surface area contributed by atoms with Gasteiger partial charge >= 0.3 is 0 Å². The Morgan fingerprint density at radius 1 is 1.40 bits per heavy atom. The van der Waals surface area contributed by atoms with E-state index >= 15 is 0 Å². The quantitative estimate of drug-likeness (QED) is 0.664. The molecule has 0 saturated carbocycles. The van der Waals surface area contributed by atoms with Crippen LogP contribution in [0, 0.1) is 0 Å². The summed E-state index contributed by atoms with van der Waals surface area (Å²) in [6.45, 7) is 3.58. The van der Waals surface area contributed by atoms with E-state index in [4.69, 9.17) is 10.5 Å². The lowest BCUT2D eigenvalue weighted by Gasteiger charge is -2.33. The molecule has 0 spiro atoms. The summed E-state index contributed by atoms with van der Waals surface area (Å²) in [7, 11) is 0. The zero-order valence-electron chi connectivity index (χ0n) is 12.2. The van der Waals surface area contributed by atoms with Crippen molar-refractivity contribution >= 4 is 11.6 Å². The topological polar surface area (TPSA) is 55.6 Å². The zero-order chi connectivity index (χ0) is 14.4. The summed E-state index contributed by atoms with van der Waals surface area (Å²) < 4.78 is 5.61. The number of benzene rings is 1. The van der Waals surface area contributed by atoms with E-state index < -0.39 is 0 Å². The molecule has 2 rings (SSSR count). The lowest BCUT2D eigenvalue weighted by molar-refractivity contribution is -0.134. The summed E-state index contributed by atoms with van der Waals surface area (Å²) >= 11 is 0. The molecule has 4 heteroatoms. The number of nitrogen functional groups attached to an aromatic ring is 1. The molecule has 1 amide bonds. The third-order valence-corrected chi connectivity index (χ3v) is 3.83. The molecule has 1 atom stereocenters. The second-order valence-corrected chi connectivity index (χ2v) is 5.42. The molecule has 1 aliphatic rings. The molecule has 1 saturated heterocycles. The minimum atomic E-state index is 0.252. The number of rotatable bonds is 5. The van der Waals surface area contributed by atoms with Gasteiger partial charge in [0.1, 0.15) is 5.75 Å². The molecule has 110 valence electrons. The van der Waals surface area contributed by atoms with E-state index in [9.17, 15) is 4.79 Å². The van der Waals surface area contributed by atoms with Gasteiger partial charge in [-0.3, -0.25) is 4.79 Å². The monoisotopic (exact) mass is 276 g/mol. The molecule has 0 aliphatic carbocycles. The highest BCUT2D eigenvalue weighted by Gasteiger charge is 2.22. The molecule has 1 fully saturated rings. The Kier molecular flexibility index (Phi) is 5.27. The van der Waals surface area contributed by atoms with Crippen molar-refractivity contribution in [3.8, 4) is 5.75 Å². The first kappa shape index (κ1) is 14.7. The fraction of sp³-hybridized carbons (Fsp3) is 0.562. The van der Waals surface area contributed by atoms with Crippen molar-refractivity contribution in [2.24, 2.45) is 0 Å². The van der Waals surface area contributed by atoms with E-state index in [0.717, 1.165) is 25.8 Å². The average molecular weight is 276 g/mol. The highest BCUT2D eigenvalue weighted by molar-refractivity contribution is 5.76. The van der Waals surface area contributed by atoms with Crippen molar-refractivity contribution in [1.82, 2.24) is 4.90 Å². The molecule has 1 aromatic carbocycles. The van der Waals surface area contributed by atoms with Gasteiger partial charge in [0.25, 0.3) is 0 Å². The van der Waals surface area contributed by atoms with Crippen molar-refractivity contribution in [2.75, 3.05) is 18.9 Å². The fourth-order valence-electron chi connectivity index (χ4n) is 2.63. The standard InChI is InChI=1S/C16H24N2O2/c1-13-7-4-5-11-18(13)16(19)10-6-12-20-15-9-3-2-8-14(15)17/h2-3,8-9,13H,4-7,10-12,17H2,1H3. The van der Waals surface area contributed by atoms with E-state index in [0.29, 0.717) is 30.5 Å². The third kappa shape index (κ3) is 3.89. The Labute approximate surface area is 120 Å². The van der Waals surface area contributed by atoms with Crippen LogP contribution in [-0.4, -0.2) is 30.0 Å². The molecule has 20 heavy (non-hydrogen) atoms. The van der Waals surface area contributed by atoms with E-state index in [1.807, 2.05) is 29.2 Å². The van der Waals surface area contributed by atoms with E-state index in [2.05, 4.69) is 6.92 Å². The number of para-hydroxylation sites is 2. The number of carbonyl (C=O) groups excluding carboxylic acids is 1. The van der Waals surface area contributed by atoms with Crippen molar-refractivity contribution in [3.05, 3.63) is 24.3 Å². The van der Waals surface area contributed by atoms with E-state index in [-0.39, 0.29) is 5.91 Å². The number of likely N-dealkylation sites (tertiary alicyclic amines) is 1. The van der Waals surface area contributed by atoms with Crippen LogP contribution < -0.4 is 10.5 Å². The Hall–Kier alpha value is -1.71. The van der Waals surface area contributed by atoms with Crippen LogP contribution in [0.25, 0.3) is 0 Å². The highest BCUT2D eigenvalue weighted by atomic mass is 16.5. The van der Waals surface area contributed by atoms with Gasteiger partial charge < -0.3 is 15.4 Å². The molecule has 1 aliphatic heterocycles. The van der Waals surface area contributed by atoms with Gasteiger partial charge in [-0.2, -0.15) is 0 Å². The Morgan fingerprint density at radius 2 is 2.20 bits per heavy atom. The maximum atomic E-state index is 12.1. The van der Waals surface area contributed by atoms with E-state index in [1.165, 1.54) is 6.42 Å². The number of nitrogens with two attached hydrogens (primary N) is 1. The number of amides is 1. The maximum absolute atomic E-state index is 12.1. The first-order valence-electron chi connectivity index (χ1n) is 7.45. The molecule has 4 nitrogen and oxygen atoms in total. The molecule has 1 heterocycles. The highest BCUT2D eigenvalue weighted by Crippen LogP contribution is 2.20. The molecule has 0 aromatic heterocycles. The number of anilines is 1. The van der Waals surface area contributed by atoms with Crippen LogP contribution in [0.5, 0.6) is 5.75 Å².